The average Bonchev–Trinajstić information content (AvgIpc) is 3.15. The van der Waals surface area contributed by atoms with Crippen LogP contribution in [0.2, 0.25) is 0 Å². The zero-order valence-corrected chi connectivity index (χ0v) is 15.0. The number of likely N-dealkylation sites (tertiary alicyclic amines) is 1. The Morgan fingerprint density at radius 3 is 2.89 bits per heavy atom. The molecule has 4 rings (SSSR count). The van der Waals surface area contributed by atoms with Crippen molar-refractivity contribution in [3.63, 3.8) is 0 Å². The maximum atomic E-state index is 12.5. The van der Waals surface area contributed by atoms with Gasteiger partial charge in [-0.25, -0.2) is 0 Å². The summed E-state index contributed by atoms with van der Waals surface area (Å²) in [5, 5.41) is 11.9. The third-order valence-electron chi connectivity index (χ3n) is 4.94. The van der Waals surface area contributed by atoms with Crippen molar-refractivity contribution in [2.24, 2.45) is 0 Å². The molecule has 0 aliphatic carbocycles. The second kappa shape index (κ2) is 7.68. The van der Waals surface area contributed by atoms with Crippen LogP contribution in [0.4, 0.5) is 5.69 Å². The first-order valence-corrected chi connectivity index (χ1v) is 9.16. The van der Waals surface area contributed by atoms with E-state index in [0.717, 1.165) is 36.4 Å². The number of carbonyl (C=O) groups is 1. The fraction of sp³-hybridized carbons (Fsp3) is 0.333. The van der Waals surface area contributed by atoms with Gasteiger partial charge in [0.2, 0.25) is 5.91 Å². The largest absolute Gasteiger partial charge is 0.486 e. The van der Waals surface area contributed by atoms with Crippen molar-refractivity contribution in [3.05, 3.63) is 53.6 Å². The maximum Gasteiger partial charge on any atom is 0.238 e. The molecule has 27 heavy (non-hydrogen) atoms. The summed E-state index contributed by atoms with van der Waals surface area (Å²) in [4.78, 5) is 14.7. The number of ether oxygens (including phenoxy) is 2. The second-order valence-corrected chi connectivity index (χ2v) is 6.77. The molecule has 0 aromatic heterocycles. The van der Waals surface area contributed by atoms with Gasteiger partial charge in [-0.3, -0.25) is 9.69 Å². The van der Waals surface area contributed by atoms with Gasteiger partial charge in [0.05, 0.1) is 18.2 Å². The molecular weight excluding hydrogens is 342 g/mol. The standard InChI is InChI=1S/C21H21N3O3/c22-13-15-3-1-4-17(11-15)23-21(25)14-24-8-2-5-18(24)16-6-7-19-20(12-16)27-10-9-26-19/h1,3-4,6-7,11-12,18H,2,5,8-10,14H2,(H,23,25). The number of fused-ring (bicyclic) bond motifs is 1. The maximum absolute atomic E-state index is 12.5. The van der Waals surface area contributed by atoms with Gasteiger partial charge < -0.3 is 14.8 Å². The molecule has 6 nitrogen and oxygen atoms in total. The van der Waals surface area contributed by atoms with E-state index in [1.807, 2.05) is 12.1 Å². The lowest BCUT2D eigenvalue weighted by Gasteiger charge is -2.26. The highest BCUT2D eigenvalue weighted by Crippen LogP contribution is 2.37. The molecule has 1 saturated heterocycles. The number of carbonyl (C=O) groups excluding carboxylic acids is 1. The molecule has 2 aromatic rings. The monoisotopic (exact) mass is 363 g/mol. The zero-order valence-electron chi connectivity index (χ0n) is 15.0. The van der Waals surface area contributed by atoms with Crippen molar-refractivity contribution in [3.8, 4) is 17.6 Å². The molecule has 1 fully saturated rings. The third-order valence-corrected chi connectivity index (χ3v) is 4.94. The molecule has 0 spiro atoms. The number of rotatable bonds is 4. The molecule has 0 saturated carbocycles. The summed E-state index contributed by atoms with van der Waals surface area (Å²) in [6.07, 6.45) is 2.06. The molecule has 1 atom stereocenters. The van der Waals surface area contributed by atoms with Crippen LogP contribution in [0.15, 0.2) is 42.5 Å². The smallest absolute Gasteiger partial charge is 0.238 e. The van der Waals surface area contributed by atoms with E-state index in [-0.39, 0.29) is 11.9 Å². The Kier molecular flexibility index (Phi) is 4.95. The number of nitriles is 1. The Balaban J connectivity index is 1.44. The van der Waals surface area contributed by atoms with E-state index in [2.05, 4.69) is 22.4 Å². The fourth-order valence-corrected chi connectivity index (χ4v) is 3.71. The molecule has 2 aliphatic heterocycles. The predicted molar refractivity (Wildman–Crippen MR) is 101 cm³/mol. The molecular formula is C21H21N3O3. The number of benzene rings is 2. The van der Waals surface area contributed by atoms with Crippen molar-refractivity contribution in [2.45, 2.75) is 18.9 Å². The summed E-state index contributed by atoms with van der Waals surface area (Å²) in [5.41, 5.74) is 2.33. The topological polar surface area (TPSA) is 74.6 Å². The van der Waals surface area contributed by atoms with E-state index < -0.39 is 0 Å². The van der Waals surface area contributed by atoms with Crippen LogP contribution in [0, 0.1) is 11.3 Å². The minimum Gasteiger partial charge on any atom is -0.486 e. The Labute approximate surface area is 158 Å². The summed E-state index contributed by atoms with van der Waals surface area (Å²) in [5.74, 6) is 1.49. The molecule has 0 bridgehead atoms. The summed E-state index contributed by atoms with van der Waals surface area (Å²) < 4.78 is 11.3. The molecule has 1 unspecified atom stereocenters. The van der Waals surface area contributed by atoms with Crippen LogP contribution < -0.4 is 14.8 Å². The normalized spacial score (nSPS) is 18.7. The van der Waals surface area contributed by atoms with Crippen LogP contribution in [-0.4, -0.2) is 37.1 Å². The lowest BCUT2D eigenvalue weighted by Crippen LogP contribution is -2.33. The molecule has 1 amide bonds. The van der Waals surface area contributed by atoms with Crippen LogP contribution in [0.25, 0.3) is 0 Å². The highest BCUT2D eigenvalue weighted by atomic mass is 16.6. The lowest BCUT2D eigenvalue weighted by atomic mass is 10.0. The minimum absolute atomic E-state index is 0.0745. The van der Waals surface area contributed by atoms with Crippen molar-refractivity contribution >= 4 is 11.6 Å². The number of anilines is 1. The molecule has 1 N–H and O–H groups in total. The number of nitrogens with one attached hydrogen (secondary N) is 1. The summed E-state index contributed by atoms with van der Waals surface area (Å²) in [6, 6.07) is 15.3. The Morgan fingerprint density at radius 1 is 1.19 bits per heavy atom. The van der Waals surface area contributed by atoms with Gasteiger partial charge in [0.25, 0.3) is 0 Å². The lowest BCUT2D eigenvalue weighted by molar-refractivity contribution is -0.117. The van der Waals surface area contributed by atoms with E-state index in [0.29, 0.717) is 31.0 Å². The van der Waals surface area contributed by atoms with Gasteiger partial charge in [-0.2, -0.15) is 5.26 Å². The van der Waals surface area contributed by atoms with Gasteiger partial charge in [0.1, 0.15) is 13.2 Å². The zero-order chi connectivity index (χ0) is 18.6. The first-order chi connectivity index (χ1) is 13.2. The SMILES string of the molecule is N#Cc1cccc(NC(=O)CN2CCCC2c2ccc3c(c2)OCCO3)c1. The number of nitrogens with zero attached hydrogens (tertiary/aromatic N) is 2. The summed E-state index contributed by atoms with van der Waals surface area (Å²) in [7, 11) is 0. The molecule has 0 radical (unpaired) electrons. The van der Waals surface area contributed by atoms with Crippen LogP contribution >= 0.6 is 0 Å². The van der Waals surface area contributed by atoms with Gasteiger partial charge in [0.15, 0.2) is 11.5 Å². The number of amides is 1. The van der Waals surface area contributed by atoms with Gasteiger partial charge in [0, 0.05) is 11.7 Å². The quantitative estimate of drug-likeness (QED) is 0.903. The van der Waals surface area contributed by atoms with Crippen LogP contribution in [0.3, 0.4) is 0 Å². The van der Waals surface area contributed by atoms with Gasteiger partial charge in [-0.15, -0.1) is 0 Å². The van der Waals surface area contributed by atoms with E-state index in [4.69, 9.17) is 14.7 Å². The van der Waals surface area contributed by atoms with E-state index in [1.165, 1.54) is 0 Å². The number of hydrogen-bond acceptors (Lipinski definition) is 5. The van der Waals surface area contributed by atoms with Crippen molar-refractivity contribution in [1.29, 1.82) is 5.26 Å². The van der Waals surface area contributed by atoms with E-state index >= 15 is 0 Å². The molecule has 2 aromatic carbocycles. The van der Waals surface area contributed by atoms with Crippen LogP contribution in [-0.2, 0) is 4.79 Å². The molecule has 138 valence electrons. The highest BCUT2D eigenvalue weighted by Gasteiger charge is 2.28. The van der Waals surface area contributed by atoms with E-state index in [1.54, 1.807) is 24.3 Å². The van der Waals surface area contributed by atoms with Gasteiger partial charge in [-0.05, 0) is 55.3 Å². The van der Waals surface area contributed by atoms with Crippen LogP contribution in [0.5, 0.6) is 11.5 Å². The van der Waals surface area contributed by atoms with Crippen LogP contribution in [0.1, 0.15) is 30.0 Å². The fourth-order valence-electron chi connectivity index (χ4n) is 3.71. The Bertz CT molecular complexity index is 890. The van der Waals surface area contributed by atoms with Crippen molar-refractivity contribution in [1.82, 2.24) is 4.90 Å². The Hall–Kier alpha value is -3.04. The number of hydrogen-bond donors (Lipinski definition) is 1. The highest BCUT2D eigenvalue weighted by molar-refractivity contribution is 5.92. The minimum atomic E-state index is -0.0745. The van der Waals surface area contributed by atoms with Crippen molar-refractivity contribution in [2.75, 3.05) is 31.6 Å². The van der Waals surface area contributed by atoms with Crippen molar-refractivity contribution < 1.29 is 14.3 Å². The van der Waals surface area contributed by atoms with Gasteiger partial charge in [-0.1, -0.05) is 12.1 Å². The first kappa shape index (κ1) is 17.4. The molecule has 2 heterocycles. The van der Waals surface area contributed by atoms with Gasteiger partial charge >= 0.3 is 0 Å². The average molecular weight is 363 g/mol. The first-order valence-electron chi connectivity index (χ1n) is 9.16. The molecule has 6 heteroatoms. The summed E-state index contributed by atoms with van der Waals surface area (Å²) in [6.45, 7) is 2.34. The second-order valence-electron chi connectivity index (χ2n) is 6.77. The van der Waals surface area contributed by atoms with E-state index in [9.17, 15) is 4.79 Å². The third kappa shape index (κ3) is 3.88. The molecule has 2 aliphatic rings. The Morgan fingerprint density at radius 2 is 2.04 bits per heavy atom. The predicted octanol–water partition coefficient (Wildman–Crippen LogP) is 3.11. The summed E-state index contributed by atoms with van der Waals surface area (Å²) >= 11 is 0.